The third-order valence-corrected chi connectivity index (χ3v) is 4.93. The fraction of sp³-hybridized carbons (Fsp3) is 0.320. The topological polar surface area (TPSA) is 60.7 Å². The van der Waals surface area contributed by atoms with E-state index in [1.54, 1.807) is 19.4 Å². The molecule has 5 nitrogen and oxygen atoms in total. The van der Waals surface area contributed by atoms with Crippen molar-refractivity contribution in [3.8, 4) is 22.6 Å². The first-order valence-electron chi connectivity index (χ1n) is 10.2. The number of nitrogens with one attached hydrogen (secondary N) is 1. The van der Waals surface area contributed by atoms with Gasteiger partial charge in [0.1, 0.15) is 17.1 Å². The zero-order valence-electron chi connectivity index (χ0n) is 18.5. The maximum Gasteiger partial charge on any atom is 0.244 e. The number of rotatable bonds is 7. The van der Waals surface area contributed by atoms with E-state index in [1.165, 1.54) is 0 Å². The van der Waals surface area contributed by atoms with Crippen LogP contribution in [-0.4, -0.2) is 25.7 Å². The third-order valence-electron chi connectivity index (χ3n) is 4.93. The lowest BCUT2D eigenvalue weighted by atomic mass is 9.96. The highest BCUT2D eigenvalue weighted by Gasteiger charge is 2.20. The highest BCUT2D eigenvalue weighted by Crippen LogP contribution is 2.42. The Bertz CT molecular complexity index is 1090. The Morgan fingerprint density at radius 3 is 2.63 bits per heavy atom. The van der Waals surface area contributed by atoms with Gasteiger partial charge in [0.05, 0.1) is 20.0 Å². The van der Waals surface area contributed by atoms with Crippen LogP contribution in [0.2, 0.25) is 0 Å². The number of benzene rings is 2. The number of methoxy groups -OCH3 is 1. The average molecular weight is 408 g/mol. The van der Waals surface area contributed by atoms with Gasteiger partial charge in [-0.25, -0.2) is 0 Å². The van der Waals surface area contributed by atoms with E-state index in [1.807, 2.05) is 65.0 Å². The summed E-state index contributed by atoms with van der Waals surface area (Å²) in [5, 5.41) is 3.85. The van der Waals surface area contributed by atoms with Gasteiger partial charge in [-0.2, -0.15) is 0 Å². The van der Waals surface area contributed by atoms with Crippen LogP contribution in [-0.2, 0) is 4.79 Å². The molecule has 30 heavy (non-hydrogen) atoms. The first-order valence-corrected chi connectivity index (χ1v) is 10.2. The molecule has 0 spiro atoms. The summed E-state index contributed by atoms with van der Waals surface area (Å²) in [6.45, 7) is 10.2. The van der Waals surface area contributed by atoms with Gasteiger partial charge in [-0.1, -0.05) is 18.2 Å². The van der Waals surface area contributed by atoms with Gasteiger partial charge in [0.15, 0.2) is 0 Å². The molecule has 0 saturated carbocycles. The normalized spacial score (nSPS) is 11.8. The average Bonchev–Trinajstić information content (AvgIpc) is 3.13. The van der Waals surface area contributed by atoms with Crippen molar-refractivity contribution in [2.24, 2.45) is 0 Å². The minimum Gasteiger partial charge on any atom is -0.496 e. The largest absolute Gasteiger partial charge is 0.496 e. The molecular formula is C25H29NO4. The fourth-order valence-electron chi connectivity index (χ4n) is 3.62. The van der Waals surface area contributed by atoms with Gasteiger partial charge in [-0.05, 0) is 52.3 Å². The van der Waals surface area contributed by atoms with Gasteiger partial charge in [-0.3, -0.25) is 4.79 Å². The molecule has 3 rings (SSSR count). The van der Waals surface area contributed by atoms with Gasteiger partial charge in [0.2, 0.25) is 5.91 Å². The molecule has 1 aromatic heterocycles. The van der Waals surface area contributed by atoms with Gasteiger partial charge in [-0.15, -0.1) is 0 Å². The van der Waals surface area contributed by atoms with Crippen LogP contribution in [0.3, 0.4) is 0 Å². The number of ether oxygens (including phenoxy) is 2. The Labute approximate surface area is 177 Å². The number of furan rings is 1. The zero-order chi connectivity index (χ0) is 21.8. The highest BCUT2D eigenvalue weighted by atomic mass is 16.5. The molecule has 0 unspecified atom stereocenters. The Kier molecular flexibility index (Phi) is 6.50. The van der Waals surface area contributed by atoms with Crippen LogP contribution in [0, 0.1) is 6.92 Å². The number of carbonyl (C=O) groups excluding carboxylic acids is 1. The summed E-state index contributed by atoms with van der Waals surface area (Å²) in [6, 6.07) is 9.95. The highest BCUT2D eigenvalue weighted by molar-refractivity contribution is 6.02. The van der Waals surface area contributed by atoms with Crippen molar-refractivity contribution >= 4 is 22.4 Å². The van der Waals surface area contributed by atoms with E-state index in [0.29, 0.717) is 6.61 Å². The van der Waals surface area contributed by atoms with Crippen LogP contribution in [0.5, 0.6) is 11.5 Å². The van der Waals surface area contributed by atoms with Crippen LogP contribution in [0.4, 0.5) is 0 Å². The number of hydrogen-bond acceptors (Lipinski definition) is 4. The minimum atomic E-state index is -0.125. The Balaban J connectivity index is 2.22. The smallest absolute Gasteiger partial charge is 0.244 e. The van der Waals surface area contributed by atoms with Crippen molar-refractivity contribution in [1.82, 2.24) is 5.32 Å². The Hall–Kier alpha value is -3.21. The van der Waals surface area contributed by atoms with Crippen LogP contribution in [0.25, 0.3) is 27.7 Å². The van der Waals surface area contributed by atoms with Gasteiger partial charge < -0.3 is 19.2 Å². The van der Waals surface area contributed by atoms with Crippen molar-refractivity contribution in [2.75, 3.05) is 13.7 Å². The zero-order valence-corrected chi connectivity index (χ0v) is 18.5. The van der Waals surface area contributed by atoms with Crippen molar-refractivity contribution in [1.29, 1.82) is 0 Å². The first kappa shape index (κ1) is 21.5. The molecule has 5 heteroatoms. The summed E-state index contributed by atoms with van der Waals surface area (Å²) in [5.41, 5.74) is 5.26. The monoisotopic (exact) mass is 407 g/mol. The second-order valence-corrected chi connectivity index (χ2v) is 7.53. The number of carbonyl (C=O) groups is 1. The molecule has 0 radical (unpaired) electrons. The standard InChI is InChI=1S/C25H29NO4/c1-7-29-24-17(5)25-20(13-19(24)16(4)12-23(27)26-15(2)3)21(14-30-25)18-10-8-9-11-22(18)28-6/h8-15H,7H2,1-6H3,(H,26,27)/b16-12+. The Morgan fingerprint density at radius 1 is 1.23 bits per heavy atom. The second-order valence-electron chi connectivity index (χ2n) is 7.53. The quantitative estimate of drug-likeness (QED) is 0.507. The van der Waals surface area contributed by atoms with E-state index in [2.05, 4.69) is 5.32 Å². The number of allylic oxidation sites excluding steroid dienone is 1. The number of aryl methyl sites for hydroxylation is 1. The van der Waals surface area contributed by atoms with Crippen molar-refractivity contribution in [3.63, 3.8) is 0 Å². The molecule has 2 aromatic carbocycles. The van der Waals surface area contributed by atoms with E-state index >= 15 is 0 Å². The number of amides is 1. The van der Waals surface area contributed by atoms with E-state index in [4.69, 9.17) is 13.9 Å². The molecule has 0 fully saturated rings. The third kappa shape index (κ3) is 4.20. The van der Waals surface area contributed by atoms with Crippen LogP contribution in [0.1, 0.15) is 38.8 Å². The van der Waals surface area contributed by atoms with E-state index in [0.717, 1.165) is 50.3 Å². The molecule has 1 N–H and O–H groups in total. The predicted molar refractivity (Wildman–Crippen MR) is 121 cm³/mol. The summed E-state index contributed by atoms with van der Waals surface area (Å²) in [5.74, 6) is 1.38. The molecule has 0 bridgehead atoms. The molecule has 0 saturated heterocycles. The molecular weight excluding hydrogens is 378 g/mol. The summed E-state index contributed by atoms with van der Waals surface area (Å²) < 4.78 is 17.5. The maximum absolute atomic E-state index is 12.3. The lowest BCUT2D eigenvalue weighted by Gasteiger charge is -2.15. The number of hydrogen-bond donors (Lipinski definition) is 1. The van der Waals surface area contributed by atoms with Gasteiger partial charge in [0.25, 0.3) is 0 Å². The van der Waals surface area contributed by atoms with Crippen molar-refractivity contribution < 1.29 is 18.7 Å². The molecule has 0 aliphatic carbocycles. The van der Waals surface area contributed by atoms with Crippen LogP contribution < -0.4 is 14.8 Å². The molecule has 1 heterocycles. The summed E-state index contributed by atoms with van der Waals surface area (Å²) in [6.07, 6.45) is 3.37. The summed E-state index contributed by atoms with van der Waals surface area (Å²) in [7, 11) is 1.66. The fourth-order valence-corrected chi connectivity index (χ4v) is 3.62. The van der Waals surface area contributed by atoms with Gasteiger partial charge in [0, 0.05) is 39.8 Å². The summed E-state index contributed by atoms with van der Waals surface area (Å²) in [4.78, 5) is 12.3. The molecule has 0 aliphatic rings. The van der Waals surface area contributed by atoms with Crippen molar-refractivity contribution in [2.45, 2.75) is 40.7 Å². The lowest BCUT2D eigenvalue weighted by molar-refractivity contribution is -0.116. The second kappa shape index (κ2) is 9.08. The minimum absolute atomic E-state index is 0.0724. The van der Waals surface area contributed by atoms with Crippen LogP contribution in [0.15, 0.2) is 47.1 Å². The molecule has 0 aliphatic heterocycles. The molecule has 3 aromatic rings. The lowest BCUT2D eigenvalue weighted by Crippen LogP contribution is -2.28. The van der Waals surface area contributed by atoms with Gasteiger partial charge >= 0.3 is 0 Å². The van der Waals surface area contributed by atoms with E-state index in [-0.39, 0.29) is 11.9 Å². The molecule has 0 atom stereocenters. The SMILES string of the molecule is CCOc1c(/C(C)=C/C(=O)NC(C)C)cc2c(-c3ccccc3OC)coc2c1C. The number of fused-ring (bicyclic) bond motifs is 1. The Morgan fingerprint density at radius 2 is 1.97 bits per heavy atom. The van der Waals surface area contributed by atoms with E-state index in [9.17, 15) is 4.79 Å². The summed E-state index contributed by atoms with van der Waals surface area (Å²) >= 11 is 0. The maximum atomic E-state index is 12.3. The first-order chi connectivity index (χ1) is 14.4. The van der Waals surface area contributed by atoms with E-state index < -0.39 is 0 Å². The molecule has 1 amide bonds. The molecule has 158 valence electrons. The predicted octanol–water partition coefficient (Wildman–Crippen LogP) is 5.74. The van der Waals surface area contributed by atoms with Crippen molar-refractivity contribution in [3.05, 3.63) is 53.8 Å². The number of para-hydroxylation sites is 1. The van der Waals surface area contributed by atoms with Crippen LogP contribution >= 0.6 is 0 Å².